The Bertz CT molecular complexity index is 912. The molecule has 4 nitrogen and oxygen atoms in total. The van der Waals surface area contributed by atoms with Crippen LogP contribution >= 0.6 is 0 Å². The number of rotatable bonds is 4. The highest BCUT2D eigenvalue weighted by molar-refractivity contribution is 5.88. The normalized spacial score (nSPS) is 23.0. The van der Waals surface area contributed by atoms with Gasteiger partial charge in [0.1, 0.15) is 0 Å². The third kappa shape index (κ3) is 3.82. The lowest BCUT2D eigenvalue weighted by Gasteiger charge is -2.50. The molecule has 1 N–H and O–H groups in total. The lowest BCUT2D eigenvalue weighted by molar-refractivity contribution is -0.271. The van der Waals surface area contributed by atoms with Gasteiger partial charge in [-0.05, 0) is 36.8 Å². The minimum Gasteiger partial charge on any atom is -0.356 e. The van der Waals surface area contributed by atoms with Gasteiger partial charge >= 0.3 is 6.18 Å². The summed E-state index contributed by atoms with van der Waals surface area (Å²) in [7, 11) is 0.960. The van der Waals surface area contributed by atoms with Crippen molar-refractivity contribution in [1.29, 1.82) is 0 Å². The first kappa shape index (κ1) is 22.8. The van der Waals surface area contributed by atoms with Gasteiger partial charge in [-0.3, -0.25) is 4.79 Å². The number of nitrogens with one attached hydrogen (secondary N) is 1. The Hall–Kier alpha value is -2.38. The number of benzene rings is 2. The third-order valence-corrected chi connectivity index (χ3v) is 7.32. The Morgan fingerprint density at radius 3 is 2.16 bits per heavy atom. The molecule has 32 heavy (non-hydrogen) atoms. The molecule has 1 spiro atoms. The molecule has 0 saturated carbocycles. The summed E-state index contributed by atoms with van der Waals surface area (Å²) in [4.78, 5) is 14.7. The van der Waals surface area contributed by atoms with Crippen molar-refractivity contribution in [2.24, 2.45) is 5.41 Å². The summed E-state index contributed by atoms with van der Waals surface area (Å²) in [5.41, 5.74) is -1.97. The van der Waals surface area contributed by atoms with E-state index in [-0.39, 0.29) is 30.0 Å². The molecule has 172 valence electrons. The largest absolute Gasteiger partial charge is 0.430 e. The lowest BCUT2D eigenvalue weighted by Crippen LogP contribution is -2.59. The molecule has 0 bridgehead atoms. The number of halogens is 3. The maximum Gasteiger partial charge on any atom is 0.430 e. The van der Waals surface area contributed by atoms with E-state index in [1.165, 1.54) is 34.7 Å². The van der Waals surface area contributed by atoms with Crippen molar-refractivity contribution in [3.05, 3.63) is 71.8 Å². The molecule has 7 heteroatoms. The number of methoxy groups -OCH3 is 1. The van der Waals surface area contributed by atoms with Gasteiger partial charge in [-0.2, -0.15) is 13.2 Å². The van der Waals surface area contributed by atoms with Crippen LogP contribution in [0.15, 0.2) is 60.7 Å². The molecule has 0 aromatic heterocycles. The summed E-state index contributed by atoms with van der Waals surface area (Å²) >= 11 is 0. The zero-order valence-electron chi connectivity index (χ0n) is 18.2. The monoisotopic (exact) mass is 446 g/mol. The Labute approximate surface area is 186 Å². The van der Waals surface area contributed by atoms with Gasteiger partial charge in [-0.1, -0.05) is 60.7 Å². The van der Waals surface area contributed by atoms with Gasteiger partial charge < -0.3 is 15.0 Å². The highest BCUT2D eigenvalue weighted by atomic mass is 19.4. The maximum absolute atomic E-state index is 14.3. The Morgan fingerprint density at radius 2 is 1.59 bits per heavy atom. The molecule has 0 aliphatic carbocycles. The van der Waals surface area contributed by atoms with Crippen LogP contribution in [0, 0.1) is 5.41 Å². The van der Waals surface area contributed by atoms with E-state index in [0.717, 1.165) is 26.6 Å². The molecule has 0 radical (unpaired) electrons. The predicted molar refractivity (Wildman–Crippen MR) is 116 cm³/mol. The lowest BCUT2D eigenvalue weighted by atomic mass is 9.62. The summed E-state index contributed by atoms with van der Waals surface area (Å²) in [6.45, 7) is 2.30. The molecule has 2 aromatic rings. The summed E-state index contributed by atoms with van der Waals surface area (Å²) < 4.78 is 48.0. The van der Waals surface area contributed by atoms with Crippen LogP contribution in [0.25, 0.3) is 0 Å². The molecule has 1 amide bonds. The van der Waals surface area contributed by atoms with Crippen LogP contribution in [-0.4, -0.2) is 50.3 Å². The van der Waals surface area contributed by atoms with Crippen LogP contribution in [0.5, 0.6) is 0 Å². The average molecular weight is 447 g/mol. The number of carbonyl (C=O) groups is 1. The third-order valence-electron chi connectivity index (χ3n) is 7.32. The van der Waals surface area contributed by atoms with Crippen molar-refractivity contribution in [2.75, 3.05) is 33.3 Å². The Morgan fingerprint density at radius 1 is 1.00 bits per heavy atom. The number of amides is 1. The van der Waals surface area contributed by atoms with Crippen LogP contribution in [0.3, 0.4) is 0 Å². The molecule has 2 aromatic carbocycles. The number of alkyl halides is 3. The number of nitrogens with zero attached hydrogens (tertiary/aromatic N) is 1. The number of hydrogen-bond acceptors (Lipinski definition) is 3. The summed E-state index contributed by atoms with van der Waals surface area (Å²) in [5, 5.41) is 3.46. The first-order valence-corrected chi connectivity index (χ1v) is 11.1. The first-order chi connectivity index (χ1) is 15.3. The van der Waals surface area contributed by atoms with Crippen LogP contribution in [0.2, 0.25) is 0 Å². The van der Waals surface area contributed by atoms with Crippen molar-refractivity contribution in [3.63, 3.8) is 0 Å². The van der Waals surface area contributed by atoms with Crippen LogP contribution in [0.4, 0.5) is 13.2 Å². The van der Waals surface area contributed by atoms with Gasteiger partial charge in [0, 0.05) is 38.2 Å². The van der Waals surface area contributed by atoms with E-state index in [2.05, 4.69) is 17.4 Å². The smallest absolute Gasteiger partial charge is 0.356 e. The van der Waals surface area contributed by atoms with Crippen molar-refractivity contribution in [1.82, 2.24) is 10.2 Å². The van der Waals surface area contributed by atoms with E-state index in [1.807, 2.05) is 18.2 Å². The van der Waals surface area contributed by atoms with Crippen molar-refractivity contribution < 1.29 is 22.7 Å². The van der Waals surface area contributed by atoms with Crippen molar-refractivity contribution >= 4 is 5.91 Å². The summed E-state index contributed by atoms with van der Waals surface area (Å²) in [6, 6.07) is 17.5. The van der Waals surface area contributed by atoms with Gasteiger partial charge in [0.15, 0.2) is 0 Å². The number of hydrogen-bond donors (Lipinski definition) is 1. The van der Waals surface area contributed by atoms with Crippen molar-refractivity contribution in [3.8, 4) is 0 Å². The van der Waals surface area contributed by atoms with Gasteiger partial charge in [-0.15, -0.1) is 0 Å². The molecule has 4 rings (SSSR count). The average Bonchev–Trinajstić information content (AvgIpc) is 2.81. The molecule has 2 fully saturated rings. The number of piperidine rings is 2. The molecular formula is C25H29F3N2O2. The zero-order valence-corrected chi connectivity index (χ0v) is 18.2. The first-order valence-electron chi connectivity index (χ1n) is 11.1. The standard InChI is InChI=1S/C25H29F3N2O2/c1-32-24(25(26,27)28,20-10-6-3-7-11-20)22(31)30-16-13-23(14-17-30)12-15-29-18-21(23)19-8-4-2-5-9-19/h2-11,21,29H,12-18H2,1H3/t21-,24-/m0/s1. The fourth-order valence-corrected chi connectivity index (χ4v) is 5.51. The summed E-state index contributed by atoms with van der Waals surface area (Å²) in [6.07, 6.45) is -2.59. The molecule has 0 unspecified atom stereocenters. The molecule has 2 heterocycles. The Balaban J connectivity index is 1.59. The number of likely N-dealkylation sites (tertiary alicyclic amines) is 1. The van der Waals surface area contributed by atoms with E-state index in [1.54, 1.807) is 6.07 Å². The van der Waals surface area contributed by atoms with E-state index in [4.69, 9.17) is 4.74 Å². The van der Waals surface area contributed by atoms with E-state index in [9.17, 15) is 18.0 Å². The molecule has 2 atom stereocenters. The molecule has 2 saturated heterocycles. The highest BCUT2D eigenvalue weighted by Gasteiger charge is 2.64. The zero-order chi connectivity index (χ0) is 22.8. The number of carbonyl (C=O) groups excluding carboxylic acids is 1. The Kier molecular flexibility index (Phi) is 6.32. The summed E-state index contributed by atoms with van der Waals surface area (Å²) in [5.74, 6) is -0.752. The van der Waals surface area contributed by atoms with E-state index in [0.29, 0.717) is 12.8 Å². The molecule has 2 aliphatic heterocycles. The van der Waals surface area contributed by atoms with E-state index >= 15 is 0 Å². The van der Waals surface area contributed by atoms with Crippen molar-refractivity contribution in [2.45, 2.75) is 37.0 Å². The van der Waals surface area contributed by atoms with Gasteiger partial charge in [0.25, 0.3) is 11.5 Å². The van der Waals surface area contributed by atoms with Gasteiger partial charge in [-0.25, -0.2) is 0 Å². The second-order valence-corrected chi connectivity index (χ2v) is 8.82. The minimum atomic E-state index is -4.88. The second-order valence-electron chi connectivity index (χ2n) is 8.82. The van der Waals surface area contributed by atoms with Crippen LogP contribution in [-0.2, 0) is 15.1 Å². The van der Waals surface area contributed by atoms with Crippen LogP contribution < -0.4 is 5.32 Å². The molecule has 2 aliphatic rings. The maximum atomic E-state index is 14.3. The molecular weight excluding hydrogens is 417 g/mol. The minimum absolute atomic E-state index is 0.0237. The van der Waals surface area contributed by atoms with Crippen LogP contribution in [0.1, 0.15) is 36.3 Å². The topological polar surface area (TPSA) is 41.6 Å². The fourth-order valence-electron chi connectivity index (χ4n) is 5.51. The predicted octanol–water partition coefficient (Wildman–Crippen LogP) is 4.48. The van der Waals surface area contributed by atoms with E-state index < -0.39 is 17.7 Å². The highest BCUT2D eigenvalue weighted by Crippen LogP contribution is 2.50. The fraction of sp³-hybridized carbons (Fsp3) is 0.480. The number of ether oxygens (including phenoxy) is 1. The van der Waals surface area contributed by atoms with Gasteiger partial charge in [0.2, 0.25) is 0 Å². The van der Waals surface area contributed by atoms with Gasteiger partial charge in [0.05, 0.1) is 0 Å². The second kappa shape index (κ2) is 8.87. The quantitative estimate of drug-likeness (QED) is 0.753. The SMILES string of the molecule is CO[C@](C(=O)N1CCC2(CCNC[C@H]2c2ccccc2)CC1)(c1ccccc1)C(F)(F)F.